The van der Waals surface area contributed by atoms with Crippen LogP contribution in [-0.2, 0) is 0 Å². The van der Waals surface area contributed by atoms with Crippen molar-refractivity contribution in [2.24, 2.45) is 10.7 Å². The van der Waals surface area contributed by atoms with Crippen molar-refractivity contribution in [3.8, 4) is 11.5 Å². The number of methoxy groups -OCH3 is 1. The highest BCUT2D eigenvalue weighted by Crippen LogP contribution is 2.16. The summed E-state index contributed by atoms with van der Waals surface area (Å²) in [6.45, 7) is 4.62. The van der Waals surface area contributed by atoms with Gasteiger partial charge in [-0.2, -0.15) is 0 Å². The van der Waals surface area contributed by atoms with Gasteiger partial charge in [-0.3, -0.25) is 0 Å². The summed E-state index contributed by atoms with van der Waals surface area (Å²) in [6.07, 6.45) is 0.843. The number of rotatable bonds is 7. The molecule has 0 fully saturated rings. The molecule has 2 rings (SSSR count). The van der Waals surface area contributed by atoms with Crippen LogP contribution in [0, 0.1) is 6.92 Å². The molecule has 0 saturated carbocycles. The summed E-state index contributed by atoms with van der Waals surface area (Å²) in [6, 6.07) is 15.5. The third-order valence-electron chi connectivity index (χ3n) is 3.58. The lowest BCUT2D eigenvalue weighted by Gasteiger charge is -2.16. The summed E-state index contributed by atoms with van der Waals surface area (Å²) in [5.41, 5.74) is 7.99. The van der Waals surface area contributed by atoms with Crippen LogP contribution in [-0.4, -0.2) is 25.7 Å². The number of anilines is 1. The molecule has 2 aromatic rings. The zero-order chi connectivity index (χ0) is 17.4. The summed E-state index contributed by atoms with van der Waals surface area (Å²) in [4.78, 5) is 4.38. The van der Waals surface area contributed by atoms with Crippen molar-refractivity contribution in [1.82, 2.24) is 0 Å². The Labute approximate surface area is 143 Å². The van der Waals surface area contributed by atoms with Crippen molar-refractivity contribution >= 4 is 11.6 Å². The number of nitrogens with one attached hydrogen (secondary N) is 1. The highest BCUT2D eigenvalue weighted by atomic mass is 16.5. The second kappa shape index (κ2) is 8.82. The fourth-order valence-electron chi connectivity index (χ4n) is 2.19. The van der Waals surface area contributed by atoms with E-state index in [4.69, 9.17) is 15.2 Å². The Bertz CT molecular complexity index is 669. The number of hydrogen-bond donors (Lipinski definition) is 2. The molecule has 5 heteroatoms. The number of ether oxygens (including phenoxy) is 2. The van der Waals surface area contributed by atoms with Gasteiger partial charge in [0.25, 0.3) is 0 Å². The van der Waals surface area contributed by atoms with Crippen molar-refractivity contribution in [3.63, 3.8) is 0 Å². The van der Waals surface area contributed by atoms with Gasteiger partial charge in [-0.15, -0.1) is 0 Å². The van der Waals surface area contributed by atoms with Crippen LogP contribution >= 0.6 is 0 Å². The predicted molar refractivity (Wildman–Crippen MR) is 99.0 cm³/mol. The first-order valence-electron chi connectivity index (χ1n) is 8.05. The van der Waals surface area contributed by atoms with Gasteiger partial charge in [-0.1, -0.05) is 19.1 Å². The van der Waals surface area contributed by atoms with Crippen LogP contribution in [0.3, 0.4) is 0 Å². The van der Waals surface area contributed by atoms with Crippen LogP contribution in [0.5, 0.6) is 11.5 Å². The molecule has 1 unspecified atom stereocenters. The minimum atomic E-state index is -0.0111. The highest BCUT2D eigenvalue weighted by molar-refractivity contribution is 5.92. The molecule has 0 amide bonds. The quantitative estimate of drug-likeness (QED) is 0.602. The Morgan fingerprint density at radius 1 is 1.17 bits per heavy atom. The molecular formula is C19H25N3O2. The number of nitrogens with zero attached hydrogens (tertiary/aromatic N) is 1. The highest BCUT2D eigenvalue weighted by Gasteiger charge is 2.08. The molecule has 1 atom stereocenters. The number of hydrogen-bond acceptors (Lipinski definition) is 3. The normalized spacial score (nSPS) is 12.5. The van der Waals surface area contributed by atoms with E-state index in [9.17, 15) is 0 Å². The summed E-state index contributed by atoms with van der Waals surface area (Å²) in [7, 11) is 1.64. The Balaban J connectivity index is 1.91. The third kappa shape index (κ3) is 5.50. The van der Waals surface area contributed by atoms with Crippen molar-refractivity contribution in [3.05, 3.63) is 54.1 Å². The molecule has 0 heterocycles. The molecule has 0 spiro atoms. The van der Waals surface area contributed by atoms with Crippen molar-refractivity contribution < 1.29 is 9.47 Å². The van der Waals surface area contributed by atoms with Crippen LogP contribution in [0.4, 0.5) is 5.69 Å². The fourth-order valence-corrected chi connectivity index (χ4v) is 2.19. The maximum atomic E-state index is 5.97. The van der Waals surface area contributed by atoms with E-state index in [0.29, 0.717) is 12.5 Å². The van der Waals surface area contributed by atoms with Crippen LogP contribution in [0.25, 0.3) is 0 Å². The van der Waals surface area contributed by atoms with Crippen molar-refractivity contribution in [1.29, 1.82) is 0 Å². The summed E-state index contributed by atoms with van der Waals surface area (Å²) in [5, 5.41) is 3.06. The van der Waals surface area contributed by atoms with Crippen molar-refractivity contribution in [2.45, 2.75) is 26.4 Å². The minimum Gasteiger partial charge on any atom is -0.497 e. The van der Waals surface area contributed by atoms with Gasteiger partial charge in [0.2, 0.25) is 0 Å². The van der Waals surface area contributed by atoms with Crippen molar-refractivity contribution in [2.75, 3.05) is 19.0 Å². The van der Waals surface area contributed by atoms with E-state index in [2.05, 4.69) is 17.2 Å². The van der Waals surface area contributed by atoms with E-state index >= 15 is 0 Å². The molecule has 0 saturated heterocycles. The molecular weight excluding hydrogens is 302 g/mol. The largest absolute Gasteiger partial charge is 0.497 e. The number of aryl methyl sites for hydroxylation is 1. The molecule has 5 nitrogen and oxygen atoms in total. The van der Waals surface area contributed by atoms with Gasteiger partial charge < -0.3 is 20.5 Å². The van der Waals surface area contributed by atoms with Gasteiger partial charge >= 0.3 is 0 Å². The van der Waals surface area contributed by atoms with E-state index in [1.54, 1.807) is 7.11 Å². The SMILES string of the molecule is CCC(CN=C(N)Nc1ccc(OC)cc1)Oc1cccc(C)c1. The lowest BCUT2D eigenvalue weighted by Crippen LogP contribution is -2.26. The van der Waals surface area contributed by atoms with Gasteiger partial charge in [0.1, 0.15) is 17.6 Å². The smallest absolute Gasteiger partial charge is 0.193 e. The van der Waals surface area contributed by atoms with Gasteiger partial charge in [0, 0.05) is 5.69 Å². The zero-order valence-corrected chi connectivity index (χ0v) is 14.5. The lowest BCUT2D eigenvalue weighted by atomic mass is 10.2. The topological polar surface area (TPSA) is 68.9 Å². The minimum absolute atomic E-state index is 0.0111. The van der Waals surface area contributed by atoms with E-state index in [-0.39, 0.29) is 6.10 Å². The second-order valence-corrected chi connectivity index (χ2v) is 5.54. The standard InChI is InChI=1S/C19H25N3O2/c1-4-16(24-18-7-5-6-14(2)12-18)13-21-19(20)22-15-8-10-17(23-3)11-9-15/h5-12,16H,4,13H2,1-3H3,(H3,20,21,22). The zero-order valence-electron chi connectivity index (χ0n) is 14.5. The monoisotopic (exact) mass is 327 g/mol. The van der Waals surface area contributed by atoms with E-state index in [1.165, 1.54) is 5.56 Å². The molecule has 0 aliphatic heterocycles. The Morgan fingerprint density at radius 2 is 1.92 bits per heavy atom. The molecule has 0 bridgehead atoms. The second-order valence-electron chi connectivity index (χ2n) is 5.54. The van der Waals surface area contributed by atoms with Crippen LogP contribution in [0.1, 0.15) is 18.9 Å². The number of benzene rings is 2. The average molecular weight is 327 g/mol. The molecule has 0 radical (unpaired) electrons. The fraction of sp³-hybridized carbons (Fsp3) is 0.316. The summed E-state index contributed by atoms with van der Waals surface area (Å²) >= 11 is 0. The summed E-state index contributed by atoms with van der Waals surface area (Å²) in [5.74, 6) is 2.03. The van der Waals surface area contributed by atoms with Crippen LogP contribution in [0.15, 0.2) is 53.5 Å². The summed E-state index contributed by atoms with van der Waals surface area (Å²) < 4.78 is 11.1. The predicted octanol–water partition coefficient (Wildman–Crippen LogP) is 3.59. The Morgan fingerprint density at radius 3 is 2.54 bits per heavy atom. The first-order chi connectivity index (χ1) is 11.6. The van der Waals surface area contributed by atoms with Gasteiger partial charge in [-0.25, -0.2) is 4.99 Å². The van der Waals surface area contributed by atoms with Gasteiger partial charge in [0.15, 0.2) is 5.96 Å². The molecule has 0 aliphatic rings. The van der Waals surface area contributed by atoms with E-state index < -0.39 is 0 Å². The molecule has 3 N–H and O–H groups in total. The van der Waals surface area contributed by atoms with E-state index in [1.807, 2.05) is 55.5 Å². The molecule has 128 valence electrons. The molecule has 2 aromatic carbocycles. The molecule has 24 heavy (non-hydrogen) atoms. The molecule has 0 aromatic heterocycles. The van der Waals surface area contributed by atoms with Gasteiger partial charge in [-0.05, 0) is 55.3 Å². The van der Waals surface area contributed by atoms with Gasteiger partial charge in [0.05, 0.1) is 13.7 Å². The number of guanidine groups is 1. The van der Waals surface area contributed by atoms with Crippen LogP contribution in [0.2, 0.25) is 0 Å². The third-order valence-corrected chi connectivity index (χ3v) is 3.58. The average Bonchev–Trinajstić information content (AvgIpc) is 2.59. The number of aliphatic imine (C=N–C) groups is 1. The lowest BCUT2D eigenvalue weighted by molar-refractivity contribution is 0.205. The maximum absolute atomic E-state index is 5.97. The Hall–Kier alpha value is -2.69. The molecule has 0 aliphatic carbocycles. The first-order valence-corrected chi connectivity index (χ1v) is 8.05. The van der Waals surface area contributed by atoms with Crippen LogP contribution < -0.4 is 20.5 Å². The Kier molecular flexibility index (Phi) is 6.49. The maximum Gasteiger partial charge on any atom is 0.193 e. The first kappa shape index (κ1) is 17.7. The van der Waals surface area contributed by atoms with E-state index in [0.717, 1.165) is 23.6 Å². The number of nitrogens with two attached hydrogens (primary N) is 1.